The van der Waals surface area contributed by atoms with E-state index < -0.39 is 12.8 Å². The number of nitrogens with two attached hydrogens (primary N) is 1. The van der Waals surface area contributed by atoms with Crippen molar-refractivity contribution >= 4 is 0 Å². The van der Waals surface area contributed by atoms with Gasteiger partial charge in [-0.1, -0.05) is 12.1 Å². The maximum absolute atomic E-state index is 11.9. The zero-order chi connectivity index (χ0) is 12.2. The summed E-state index contributed by atoms with van der Waals surface area (Å²) < 4.78 is 40.1. The molecule has 0 saturated heterocycles. The Morgan fingerprint density at radius 1 is 1.25 bits per heavy atom. The Hall–Kier alpha value is -1.23. The highest BCUT2D eigenvalue weighted by atomic mass is 19.4. The van der Waals surface area contributed by atoms with Crippen LogP contribution in [0.4, 0.5) is 13.2 Å². The van der Waals surface area contributed by atoms with Gasteiger partial charge in [0.1, 0.15) is 5.75 Å². The first-order chi connectivity index (χ1) is 7.37. The Balaban J connectivity index is 2.51. The van der Waals surface area contributed by atoms with Gasteiger partial charge in [0.25, 0.3) is 0 Å². The number of alkyl halides is 3. The fraction of sp³-hybridized carbons (Fsp3) is 0.455. The van der Waals surface area contributed by atoms with E-state index in [-0.39, 0.29) is 11.8 Å². The topological polar surface area (TPSA) is 35.2 Å². The molecule has 16 heavy (non-hydrogen) atoms. The van der Waals surface area contributed by atoms with Crippen LogP contribution in [0.1, 0.15) is 12.5 Å². The molecule has 1 rings (SSSR count). The summed E-state index contributed by atoms with van der Waals surface area (Å²) >= 11 is 0. The van der Waals surface area contributed by atoms with Crippen LogP contribution in [-0.2, 0) is 6.42 Å². The molecule has 2 nitrogen and oxygen atoms in total. The van der Waals surface area contributed by atoms with Gasteiger partial charge in [-0.3, -0.25) is 0 Å². The van der Waals surface area contributed by atoms with Gasteiger partial charge >= 0.3 is 6.18 Å². The van der Waals surface area contributed by atoms with Crippen LogP contribution >= 0.6 is 0 Å². The van der Waals surface area contributed by atoms with E-state index in [9.17, 15) is 13.2 Å². The summed E-state index contributed by atoms with van der Waals surface area (Å²) in [6.45, 7) is 0.605. The zero-order valence-corrected chi connectivity index (χ0v) is 8.92. The lowest BCUT2D eigenvalue weighted by atomic mass is 10.1. The molecule has 0 radical (unpaired) electrons. The molecule has 0 spiro atoms. The van der Waals surface area contributed by atoms with Gasteiger partial charge in [0.15, 0.2) is 6.61 Å². The smallest absolute Gasteiger partial charge is 0.422 e. The van der Waals surface area contributed by atoms with Crippen molar-refractivity contribution in [2.45, 2.75) is 25.6 Å². The maximum atomic E-state index is 11.9. The first-order valence-electron chi connectivity index (χ1n) is 4.91. The van der Waals surface area contributed by atoms with E-state index >= 15 is 0 Å². The average molecular weight is 233 g/mol. The lowest BCUT2D eigenvalue weighted by Gasteiger charge is -2.10. The van der Waals surface area contributed by atoms with Crippen molar-refractivity contribution in [1.82, 2.24) is 0 Å². The van der Waals surface area contributed by atoms with E-state index in [2.05, 4.69) is 4.74 Å². The first kappa shape index (κ1) is 12.8. The molecular weight excluding hydrogens is 219 g/mol. The molecule has 0 bridgehead atoms. The molecule has 0 aliphatic rings. The normalized spacial score (nSPS) is 13.6. The van der Waals surface area contributed by atoms with Crippen molar-refractivity contribution in [3.8, 4) is 5.75 Å². The van der Waals surface area contributed by atoms with Gasteiger partial charge < -0.3 is 10.5 Å². The Bertz CT molecular complexity index is 319. The molecule has 1 aromatic rings. The van der Waals surface area contributed by atoms with Crippen LogP contribution in [0.2, 0.25) is 0 Å². The summed E-state index contributed by atoms with van der Waals surface area (Å²) in [4.78, 5) is 0. The number of rotatable bonds is 4. The standard InChI is InChI=1S/C11H14F3NO/c1-8(15)6-9-2-4-10(5-3-9)16-7-11(12,13)14/h2-5,8H,6-7,15H2,1H3. The lowest BCUT2D eigenvalue weighted by molar-refractivity contribution is -0.153. The highest BCUT2D eigenvalue weighted by molar-refractivity contribution is 5.27. The van der Waals surface area contributed by atoms with Gasteiger partial charge in [-0.05, 0) is 31.0 Å². The van der Waals surface area contributed by atoms with Crippen LogP contribution in [0.25, 0.3) is 0 Å². The first-order valence-corrected chi connectivity index (χ1v) is 4.91. The largest absolute Gasteiger partial charge is 0.484 e. The molecular formula is C11H14F3NO. The van der Waals surface area contributed by atoms with Crippen LogP contribution in [0, 0.1) is 0 Å². The highest BCUT2D eigenvalue weighted by Crippen LogP contribution is 2.19. The Morgan fingerprint density at radius 2 is 1.81 bits per heavy atom. The monoisotopic (exact) mass is 233 g/mol. The molecule has 0 saturated carbocycles. The molecule has 5 heteroatoms. The van der Waals surface area contributed by atoms with Crippen molar-refractivity contribution in [2.24, 2.45) is 5.73 Å². The van der Waals surface area contributed by atoms with E-state index in [4.69, 9.17) is 5.73 Å². The van der Waals surface area contributed by atoms with Gasteiger partial charge in [0.2, 0.25) is 0 Å². The molecule has 0 aliphatic heterocycles. The summed E-state index contributed by atoms with van der Waals surface area (Å²) in [5.74, 6) is 0.214. The Kier molecular flexibility index (Phi) is 4.18. The Morgan fingerprint density at radius 3 is 2.25 bits per heavy atom. The third kappa shape index (κ3) is 5.02. The number of hydrogen-bond acceptors (Lipinski definition) is 2. The van der Waals surface area contributed by atoms with Crippen LogP contribution in [-0.4, -0.2) is 18.8 Å². The minimum absolute atomic E-state index is 0.0296. The van der Waals surface area contributed by atoms with Gasteiger partial charge in [-0.25, -0.2) is 0 Å². The van der Waals surface area contributed by atoms with Crippen LogP contribution < -0.4 is 10.5 Å². The van der Waals surface area contributed by atoms with Crippen molar-refractivity contribution in [1.29, 1.82) is 0 Å². The molecule has 0 amide bonds. The predicted molar refractivity (Wildman–Crippen MR) is 55.3 cm³/mol. The fourth-order valence-corrected chi connectivity index (χ4v) is 1.26. The fourth-order valence-electron chi connectivity index (χ4n) is 1.26. The van der Waals surface area contributed by atoms with Gasteiger partial charge in [0.05, 0.1) is 0 Å². The van der Waals surface area contributed by atoms with E-state index in [0.29, 0.717) is 6.42 Å². The molecule has 1 atom stereocenters. The summed E-state index contributed by atoms with van der Waals surface area (Å²) in [6.07, 6.45) is -3.61. The molecule has 0 aliphatic carbocycles. The SMILES string of the molecule is CC(N)Cc1ccc(OCC(F)(F)F)cc1. The summed E-state index contributed by atoms with van der Waals surface area (Å²) in [7, 11) is 0. The summed E-state index contributed by atoms with van der Waals surface area (Å²) in [6, 6.07) is 6.50. The minimum atomic E-state index is -4.30. The lowest BCUT2D eigenvalue weighted by Crippen LogP contribution is -2.19. The molecule has 0 heterocycles. The Labute approximate surface area is 92.2 Å². The number of halogens is 3. The van der Waals surface area contributed by atoms with Crippen LogP contribution in [0.5, 0.6) is 5.75 Å². The number of benzene rings is 1. The maximum Gasteiger partial charge on any atom is 0.422 e. The van der Waals surface area contributed by atoms with E-state index in [1.807, 2.05) is 6.92 Å². The zero-order valence-electron chi connectivity index (χ0n) is 8.92. The number of hydrogen-bond donors (Lipinski definition) is 1. The molecule has 1 unspecified atom stereocenters. The second-order valence-corrected chi connectivity index (χ2v) is 3.73. The molecule has 1 aromatic carbocycles. The third-order valence-corrected chi connectivity index (χ3v) is 1.88. The van der Waals surface area contributed by atoms with E-state index in [1.165, 1.54) is 12.1 Å². The quantitative estimate of drug-likeness (QED) is 0.867. The van der Waals surface area contributed by atoms with Crippen molar-refractivity contribution < 1.29 is 17.9 Å². The second kappa shape index (κ2) is 5.21. The summed E-state index contributed by atoms with van der Waals surface area (Å²) in [5.41, 5.74) is 6.58. The van der Waals surface area contributed by atoms with Gasteiger partial charge in [-0.2, -0.15) is 13.2 Å². The van der Waals surface area contributed by atoms with Crippen molar-refractivity contribution in [3.05, 3.63) is 29.8 Å². The minimum Gasteiger partial charge on any atom is -0.484 e. The van der Waals surface area contributed by atoms with Crippen molar-refractivity contribution in [2.75, 3.05) is 6.61 Å². The average Bonchev–Trinajstić information content (AvgIpc) is 2.14. The molecule has 0 aromatic heterocycles. The van der Waals surface area contributed by atoms with Gasteiger partial charge in [-0.15, -0.1) is 0 Å². The van der Waals surface area contributed by atoms with E-state index in [1.54, 1.807) is 12.1 Å². The third-order valence-electron chi connectivity index (χ3n) is 1.88. The second-order valence-electron chi connectivity index (χ2n) is 3.73. The molecule has 2 N–H and O–H groups in total. The van der Waals surface area contributed by atoms with Crippen molar-refractivity contribution in [3.63, 3.8) is 0 Å². The van der Waals surface area contributed by atoms with E-state index in [0.717, 1.165) is 5.56 Å². The predicted octanol–water partition coefficient (Wildman–Crippen LogP) is 2.52. The number of ether oxygens (including phenoxy) is 1. The van der Waals surface area contributed by atoms with Crippen LogP contribution in [0.15, 0.2) is 24.3 Å². The van der Waals surface area contributed by atoms with Gasteiger partial charge in [0, 0.05) is 6.04 Å². The highest BCUT2D eigenvalue weighted by Gasteiger charge is 2.28. The molecule has 90 valence electrons. The van der Waals surface area contributed by atoms with Crippen LogP contribution in [0.3, 0.4) is 0 Å². The molecule has 0 fully saturated rings. The summed E-state index contributed by atoms with van der Waals surface area (Å²) in [5, 5.41) is 0.